The van der Waals surface area contributed by atoms with Gasteiger partial charge in [-0.1, -0.05) is 26.0 Å². The van der Waals surface area contributed by atoms with Crippen molar-refractivity contribution in [3.63, 3.8) is 0 Å². The molecule has 1 aromatic heterocycles. The van der Waals surface area contributed by atoms with Gasteiger partial charge >= 0.3 is 5.97 Å². The molecule has 0 aliphatic carbocycles. The first-order chi connectivity index (χ1) is 18.4. The lowest BCUT2D eigenvalue weighted by atomic mass is 9.98. The summed E-state index contributed by atoms with van der Waals surface area (Å²) >= 11 is 0. The summed E-state index contributed by atoms with van der Waals surface area (Å²) < 4.78 is 7.03. The van der Waals surface area contributed by atoms with Gasteiger partial charge in [-0.15, -0.1) is 10.2 Å². The number of benzene rings is 2. The number of esters is 1. The Bertz CT molecular complexity index is 1320. The van der Waals surface area contributed by atoms with Crippen LogP contribution in [0, 0.1) is 0 Å². The molecule has 1 aliphatic rings. The Kier molecular flexibility index (Phi) is 8.36. The topological polar surface area (TPSA) is 121 Å². The van der Waals surface area contributed by atoms with Gasteiger partial charge in [0.15, 0.2) is 12.1 Å². The predicted octanol–water partition coefficient (Wildman–Crippen LogP) is 3.74. The van der Waals surface area contributed by atoms with E-state index in [-0.39, 0.29) is 29.2 Å². The smallest absolute Gasteiger partial charge is 0.320 e. The number of phenolic OH excluding ortho intramolecular Hbond substituents is 2. The second-order valence-corrected chi connectivity index (χ2v) is 11.2. The van der Waals surface area contributed by atoms with Gasteiger partial charge in [-0.2, -0.15) is 0 Å². The molecule has 0 atom stereocenters. The number of aldehydes is 1. The van der Waals surface area contributed by atoms with Crippen LogP contribution < -0.4 is 0 Å². The van der Waals surface area contributed by atoms with Crippen molar-refractivity contribution in [3.05, 3.63) is 53.3 Å². The van der Waals surface area contributed by atoms with Crippen molar-refractivity contribution in [2.45, 2.75) is 52.7 Å². The molecule has 2 N–H and O–H groups in total. The maximum absolute atomic E-state index is 12.1. The van der Waals surface area contributed by atoms with Gasteiger partial charge in [0.1, 0.15) is 17.1 Å². The SMILES string of the molecule is CC(C)c1cc(-c2nnc(C=O)n2-c2ccc(CN3CCN(CC(=O)OC(C)(C)C)CC3)cc2)c(O)cc1O. The highest BCUT2D eigenvalue weighted by atomic mass is 16.6. The van der Waals surface area contributed by atoms with Gasteiger partial charge in [0.05, 0.1) is 12.1 Å². The van der Waals surface area contributed by atoms with E-state index in [1.54, 1.807) is 10.6 Å². The first-order valence-electron chi connectivity index (χ1n) is 13.2. The molecule has 39 heavy (non-hydrogen) atoms. The molecule has 1 fully saturated rings. The number of hydrogen-bond acceptors (Lipinski definition) is 9. The van der Waals surface area contributed by atoms with Crippen LogP contribution in [0.3, 0.4) is 0 Å². The maximum Gasteiger partial charge on any atom is 0.320 e. The molecule has 2 aromatic carbocycles. The zero-order valence-corrected chi connectivity index (χ0v) is 23.2. The first kappa shape index (κ1) is 28.3. The van der Waals surface area contributed by atoms with Crippen LogP contribution in [0.4, 0.5) is 0 Å². The van der Waals surface area contributed by atoms with Crippen LogP contribution in [0.25, 0.3) is 17.1 Å². The van der Waals surface area contributed by atoms with E-state index in [0.717, 1.165) is 38.3 Å². The fourth-order valence-electron chi connectivity index (χ4n) is 4.71. The molecule has 4 rings (SSSR count). The quantitative estimate of drug-likeness (QED) is 0.328. The second-order valence-electron chi connectivity index (χ2n) is 11.2. The standard InChI is InChI=1S/C29H37N5O5/c1-19(2)22-14-23(25(37)15-24(22)36)28-31-30-26(18-35)34(28)21-8-6-20(7-9-21)16-32-10-12-33(13-11-32)17-27(38)39-29(3,4)5/h6-9,14-15,18-19,36-37H,10-13,16-17H2,1-5H3. The maximum atomic E-state index is 12.1. The number of aromatic nitrogens is 3. The largest absolute Gasteiger partial charge is 0.508 e. The third-order valence-corrected chi connectivity index (χ3v) is 6.64. The predicted molar refractivity (Wildman–Crippen MR) is 147 cm³/mol. The molecule has 0 spiro atoms. The van der Waals surface area contributed by atoms with E-state index in [0.29, 0.717) is 35.5 Å². The molecular weight excluding hydrogens is 498 g/mol. The summed E-state index contributed by atoms with van der Waals surface area (Å²) in [6.07, 6.45) is 0.627. The highest BCUT2D eigenvalue weighted by Crippen LogP contribution is 2.38. The van der Waals surface area contributed by atoms with E-state index in [9.17, 15) is 19.8 Å². The molecule has 208 valence electrons. The molecule has 0 bridgehead atoms. The van der Waals surface area contributed by atoms with Crippen LogP contribution in [-0.2, 0) is 16.1 Å². The number of carbonyl (C=O) groups is 2. The Hall–Kier alpha value is -3.76. The molecule has 0 saturated carbocycles. The van der Waals surface area contributed by atoms with E-state index in [4.69, 9.17) is 4.74 Å². The Morgan fingerprint density at radius 1 is 1.00 bits per heavy atom. The molecule has 10 heteroatoms. The minimum Gasteiger partial charge on any atom is -0.508 e. The summed E-state index contributed by atoms with van der Waals surface area (Å²) in [5.41, 5.74) is 2.35. The molecule has 0 amide bonds. The van der Waals surface area contributed by atoms with Crippen molar-refractivity contribution in [1.82, 2.24) is 24.6 Å². The highest BCUT2D eigenvalue weighted by molar-refractivity contribution is 5.76. The van der Waals surface area contributed by atoms with Crippen molar-refractivity contribution in [1.29, 1.82) is 0 Å². The molecule has 1 saturated heterocycles. The summed E-state index contributed by atoms with van der Waals surface area (Å²) in [6, 6.07) is 10.8. The Balaban J connectivity index is 1.46. The summed E-state index contributed by atoms with van der Waals surface area (Å²) in [7, 11) is 0. The second kappa shape index (κ2) is 11.5. The number of aromatic hydroxyl groups is 2. The molecule has 0 radical (unpaired) electrons. The average Bonchev–Trinajstić information content (AvgIpc) is 3.28. The van der Waals surface area contributed by atoms with Crippen molar-refractivity contribution in [2.24, 2.45) is 0 Å². The lowest BCUT2D eigenvalue weighted by Gasteiger charge is -2.34. The lowest BCUT2D eigenvalue weighted by Crippen LogP contribution is -2.48. The zero-order chi connectivity index (χ0) is 28.3. The molecule has 3 aromatic rings. The number of ether oxygens (including phenoxy) is 1. The summed E-state index contributed by atoms with van der Waals surface area (Å²) in [6.45, 7) is 13.8. The van der Waals surface area contributed by atoms with Crippen molar-refractivity contribution < 1.29 is 24.5 Å². The first-order valence-corrected chi connectivity index (χ1v) is 13.2. The van der Waals surface area contributed by atoms with Crippen LogP contribution in [0.1, 0.15) is 62.3 Å². The minimum atomic E-state index is -0.480. The molecule has 0 unspecified atom stereocenters. The Morgan fingerprint density at radius 2 is 1.64 bits per heavy atom. The zero-order valence-electron chi connectivity index (χ0n) is 23.2. The van der Waals surface area contributed by atoms with Crippen LogP contribution >= 0.6 is 0 Å². The average molecular weight is 536 g/mol. The van der Waals surface area contributed by atoms with E-state index >= 15 is 0 Å². The fourth-order valence-corrected chi connectivity index (χ4v) is 4.71. The Labute approximate surface area is 228 Å². The number of nitrogens with zero attached hydrogens (tertiary/aromatic N) is 5. The van der Waals surface area contributed by atoms with Gasteiger partial charge in [0.25, 0.3) is 0 Å². The normalized spacial score (nSPS) is 15.0. The van der Waals surface area contributed by atoms with Gasteiger partial charge < -0.3 is 14.9 Å². The van der Waals surface area contributed by atoms with E-state index in [2.05, 4.69) is 20.0 Å². The fraction of sp³-hybridized carbons (Fsp3) is 0.448. The molecule has 1 aliphatic heterocycles. The molecular formula is C29H37N5O5. The number of phenols is 2. The van der Waals surface area contributed by atoms with Crippen molar-refractivity contribution in [3.8, 4) is 28.6 Å². The van der Waals surface area contributed by atoms with Crippen LogP contribution in [0.2, 0.25) is 0 Å². The van der Waals surface area contributed by atoms with Crippen LogP contribution in [0.5, 0.6) is 11.5 Å². The van der Waals surface area contributed by atoms with Gasteiger partial charge in [-0.25, -0.2) is 0 Å². The molecule has 10 nitrogen and oxygen atoms in total. The van der Waals surface area contributed by atoms with E-state index in [1.807, 2.05) is 58.9 Å². The summed E-state index contributed by atoms with van der Waals surface area (Å²) in [5, 5.41) is 29.0. The van der Waals surface area contributed by atoms with Gasteiger partial charge in [-0.05, 0) is 56.0 Å². The van der Waals surface area contributed by atoms with Crippen LogP contribution in [0.15, 0.2) is 36.4 Å². The third kappa shape index (κ3) is 6.82. The monoisotopic (exact) mass is 535 g/mol. The van der Waals surface area contributed by atoms with Gasteiger partial charge in [-0.3, -0.25) is 24.0 Å². The number of piperazine rings is 1. The molecule has 2 heterocycles. The summed E-state index contributed by atoms with van der Waals surface area (Å²) in [5.74, 6) is 0.0940. The minimum absolute atomic E-state index is 0.00273. The number of rotatable bonds is 8. The van der Waals surface area contributed by atoms with Crippen LogP contribution in [-0.4, -0.2) is 85.4 Å². The number of carbonyl (C=O) groups excluding carboxylic acids is 2. The van der Waals surface area contributed by atoms with Crippen molar-refractivity contribution >= 4 is 12.3 Å². The van der Waals surface area contributed by atoms with Gasteiger partial charge in [0.2, 0.25) is 5.82 Å². The van der Waals surface area contributed by atoms with E-state index in [1.165, 1.54) is 6.07 Å². The summed E-state index contributed by atoms with van der Waals surface area (Å²) in [4.78, 5) is 28.4. The van der Waals surface area contributed by atoms with Crippen molar-refractivity contribution in [2.75, 3.05) is 32.7 Å². The van der Waals surface area contributed by atoms with E-state index < -0.39 is 5.60 Å². The highest BCUT2D eigenvalue weighted by Gasteiger charge is 2.23. The Morgan fingerprint density at radius 3 is 2.23 bits per heavy atom. The van der Waals surface area contributed by atoms with Gasteiger partial charge in [0, 0.05) is 44.5 Å². The lowest BCUT2D eigenvalue weighted by molar-refractivity contribution is -0.156. The number of hydrogen-bond donors (Lipinski definition) is 2. The third-order valence-electron chi connectivity index (χ3n) is 6.64.